The molecular weight excluding hydrogens is 438 g/mol. The number of nitro groups is 1. The van der Waals surface area contributed by atoms with Gasteiger partial charge in [-0.25, -0.2) is 0 Å². The van der Waals surface area contributed by atoms with E-state index < -0.39 is 11.0 Å². The smallest absolute Gasteiger partial charge is 0.311 e. The van der Waals surface area contributed by atoms with E-state index in [1.54, 1.807) is 4.90 Å². The summed E-state index contributed by atoms with van der Waals surface area (Å²) in [4.78, 5) is 38.2. The van der Waals surface area contributed by atoms with Crippen molar-refractivity contribution in [2.45, 2.75) is 52.1 Å². The highest BCUT2D eigenvalue weighted by molar-refractivity contribution is 5.88. The number of ether oxygens (including phenoxy) is 2. The van der Waals surface area contributed by atoms with Crippen molar-refractivity contribution in [3.05, 3.63) is 64.2 Å². The van der Waals surface area contributed by atoms with Crippen molar-refractivity contribution >= 4 is 17.5 Å². The summed E-state index contributed by atoms with van der Waals surface area (Å²) in [5.41, 5.74) is 0.858. The fourth-order valence-corrected chi connectivity index (χ4v) is 3.46. The van der Waals surface area contributed by atoms with E-state index in [-0.39, 0.29) is 41.6 Å². The average Bonchev–Trinajstić information content (AvgIpc) is 2.85. The molecule has 0 saturated heterocycles. The summed E-state index contributed by atoms with van der Waals surface area (Å²) in [6.45, 7) is 5.80. The van der Waals surface area contributed by atoms with Gasteiger partial charge in [0.05, 0.1) is 12.0 Å². The summed E-state index contributed by atoms with van der Waals surface area (Å²) in [5.74, 6) is -0.249. The molecule has 2 amide bonds. The molecule has 0 aliphatic carbocycles. The molecule has 0 radical (unpaired) electrons. The number of amides is 2. The Hall–Kier alpha value is -3.62. The quantitative estimate of drug-likeness (QED) is 0.352. The van der Waals surface area contributed by atoms with E-state index in [0.717, 1.165) is 12.0 Å². The van der Waals surface area contributed by atoms with Gasteiger partial charge in [0.15, 0.2) is 6.61 Å². The molecule has 0 aliphatic rings. The second-order valence-electron chi connectivity index (χ2n) is 7.94. The molecule has 184 valence electrons. The topological polar surface area (TPSA) is 111 Å². The molecule has 2 aromatic carbocycles. The average molecular weight is 472 g/mol. The zero-order valence-corrected chi connectivity index (χ0v) is 20.2. The lowest BCUT2D eigenvalue weighted by Crippen LogP contribution is -2.52. The molecular formula is C25H33N3O6. The molecule has 0 saturated carbocycles. The lowest BCUT2D eigenvalue weighted by Gasteiger charge is -2.31. The molecule has 0 fully saturated rings. The number of benzene rings is 2. The fourth-order valence-electron chi connectivity index (χ4n) is 3.46. The van der Waals surface area contributed by atoms with E-state index in [0.29, 0.717) is 19.4 Å². The number of methoxy groups -OCH3 is 1. The molecule has 0 unspecified atom stereocenters. The number of hydrogen-bond donors (Lipinski definition) is 1. The second kappa shape index (κ2) is 13.2. The van der Waals surface area contributed by atoms with E-state index in [1.165, 1.54) is 25.3 Å². The first kappa shape index (κ1) is 26.6. The lowest BCUT2D eigenvalue weighted by molar-refractivity contribution is -0.385. The van der Waals surface area contributed by atoms with Crippen molar-refractivity contribution in [1.82, 2.24) is 10.2 Å². The first-order chi connectivity index (χ1) is 16.3. The largest absolute Gasteiger partial charge is 0.490 e. The van der Waals surface area contributed by atoms with Gasteiger partial charge in [-0.05, 0) is 37.8 Å². The Labute approximate surface area is 200 Å². The van der Waals surface area contributed by atoms with Crippen molar-refractivity contribution in [3.8, 4) is 11.5 Å². The first-order valence-electron chi connectivity index (χ1n) is 11.4. The van der Waals surface area contributed by atoms with Crippen molar-refractivity contribution in [2.24, 2.45) is 0 Å². The van der Waals surface area contributed by atoms with Gasteiger partial charge >= 0.3 is 5.69 Å². The van der Waals surface area contributed by atoms with Gasteiger partial charge in [0, 0.05) is 24.7 Å². The van der Waals surface area contributed by atoms with Crippen LogP contribution in [0.1, 0.15) is 39.2 Å². The van der Waals surface area contributed by atoms with Crippen LogP contribution in [0.2, 0.25) is 0 Å². The zero-order chi connectivity index (χ0) is 25.1. The van der Waals surface area contributed by atoms with Crippen LogP contribution in [-0.4, -0.2) is 54.0 Å². The van der Waals surface area contributed by atoms with Crippen LogP contribution in [0.5, 0.6) is 11.5 Å². The van der Waals surface area contributed by atoms with Crippen molar-refractivity contribution in [3.63, 3.8) is 0 Å². The summed E-state index contributed by atoms with van der Waals surface area (Å²) in [6, 6.07) is 13.1. The Morgan fingerprint density at radius 3 is 2.41 bits per heavy atom. The predicted octanol–water partition coefficient (Wildman–Crippen LogP) is 3.75. The van der Waals surface area contributed by atoms with Crippen LogP contribution in [0.25, 0.3) is 0 Å². The number of carbonyl (C=O) groups excluding carboxylic acids is 2. The number of nitrogens with zero attached hydrogens (tertiary/aromatic N) is 2. The van der Waals surface area contributed by atoms with E-state index in [1.807, 2.05) is 51.1 Å². The third-order valence-electron chi connectivity index (χ3n) is 5.58. The monoisotopic (exact) mass is 471 g/mol. The fraction of sp³-hybridized carbons (Fsp3) is 0.440. The maximum absolute atomic E-state index is 13.2. The van der Waals surface area contributed by atoms with Gasteiger partial charge in [0.25, 0.3) is 5.91 Å². The molecule has 0 bridgehead atoms. The van der Waals surface area contributed by atoms with Crippen LogP contribution in [0.15, 0.2) is 48.5 Å². The Balaban J connectivity index is 2.18. The molecule has 9 heteroatoms. The van der Waals surface area contributed by atoms with Crippen LogP contribution in [0, 0.1) is 10.1 Å². The molecule has 9 nitrogen and oxygen atoms in total. The molecule has 2 atom stereocenters. The number of nitro benzene ring substituents is 1. The van der Waals surface area contributed by atoms with Crippen LogP contribution < -0.4 is 14.8 Å². The van der Waals surface area contributed by atoms with Gasteiger partial charge in [0.2, 0.25) is 11.7 Å². The highest BCUT2D eigenvalue weighted by atomic mass is 16.6. The highest BCUT2D eigenvalue weighted by Gasteiger charge is 2.29. The number of carbonyl (C=O) groups is 2. The SMILES string of the molecule is CC[C@H](C)NC(=O)[C@H](CC)N(CCc1ccccc1)C(=O)COc1ccc([N+](=O)[O-])c(OC)c1. The Bertz CT molecular complexity index is 966. The third kappa shape index (κ3) is 7.47. The van der Waals surface area contributed by atoms with Crippen molar-refractivity contribution < 1.29 is 24.0 Å². The van der Waals surface area contributed by atoms with Crippen LogP contribution >= 0.6 is 0 Å². The maximum atomic E-state index is 13.2. The predicted molar refractivity (Wildman–Crippen MR) is 129 cm³/mol. The standard InChI is InChI=1S/C25H33N3O6/c1-5-18(3)26-25(30)21(6-2)27(15-14-19-10-8-7-9-11-19)24(29)17-34-20-12-13-22(28(31)32)23(16-20)33-4/h7-13,16,18,21H,5-6,14-15,17H2,1-4H3,(H,26,30)/t18-,21-/m0/s1. The minimum absolute atomic E-state index is 0.00329. The van der Waals surface area contributed by atoms with E-state index in [9.17, 15) is 19.7 Å². The summed E-state index contributed by atoms with van der Waals surface area (Å²) >= 11 is 0. The molecule has 0 aliphatic heterocycles. The summed E-state index contributed by atoms with van der Waals surface area (Å²) in [5, 5.41) is 14.1. The molecule has 0 aromatic heterocycles. The van der Waals surface area contributed by atoms with Gasteiger partial charge in [-0.15, -0.1) is 0 Å². The van der Waals surface area contributed by atoms with E-state index in [2.05, 4.69) is 5.32 Å². The van der Waals surface area contributed by atoms with Crippen molar-refractivity contribution in [2.75, 3.05) is 20.3 Å². The minimum atomic E-state index is -0.639. The summed E-state index contributed by atoms with van der Waals surface area (Å²) in [7, 11) is 1.32. The van der Waals surface area contributed by atoms with Gasteiger partial charge in [-0.1, -0.05) is 44.2 Å². The number of rotatable bonds is 13. The van der Waals surface area contributed by atoms with Crippen LogP contribution in [0.3, 0.4) is 0 Å². The minimum Gasteiger partial charge on any atom is -0.490 e. The number of nitrogens with one attached hydrogen (secondary N) is 1. The first-order valence-corrected chi connectivity index (χ1v) is 11.4. The molecule has 0 heterocycles. The molecule has 34 heavy (non-hydrogen) atoms. The molecule has 0 spiro atoms. The van der Waals surface area contributed by atoms with Gasteiger partial charge in [-0.2, -0.15) is 0 Å². The third-order valence-corrected chi connectivity index (χ3v) is 5.58. The van der Waals surface area contributed by atoms with Gasteiger partial charge < -0.3 is 19.7 Å². The summed E-state index contributed by atoms with van der Waals surface area (Å²) < 4.78 is 10.7. The van der Waals surface area contributed by atoms with Gasteiger partial charge in [0.1, 0.15) is 11.8 Å². The highest BCUT2D eigenvalue weighted by Crippen LogP contribution is 2.30. The maximum Gasteiger partial charge on any atom is 0.311 e. The second-order valence-corrected chi connectivity index (χ2v) is 7.94. The number of hydrogen-bond acceptors (Lipinski definition) is 6. The Kier molecular flexibility index (Phi) is 10.3. The van der Waals surface area contributed by atoms with Crippen molar-refractivity contribution in [1.29, 1.82) is 0 Å². The zero-order valence-electron chi connectivity index (χ0n) is 20.2. The van der Waals surface area contributed by atoms with E-state index >= 15 is 0 Å². The molecule has 2 aromatic rings. The Morgan fingerprint density at radius 1 is 1.12 bits per heavy atom. The normalized spacial score (nSPS) is 12.4. The van der Waals surface area contributed by atoms with Gasteiger partial charge in [-0.3, -0.25) is 19.7 Å². The van der Waals surface area contributed by atoms with Crippen LogP contribution in [-0.2, 0) is 16.0 Å². The summed E-state index contributed by atoms with van der Waals surface area (Å²) in [6.07, 6.45) is 1.82. The molecule has 2 rings (SSSR count). The molecule has 1 N–H and O–H groups in total. The Morgan fingerprint density at radius 2 is 1.82 bits per heavy atom. The lowest BCUT2D eigenvalue weighted by atomic mass is 10.1. The van der Waals surface area contributed by atoms with E-state index in [4.69, 9.17) is 9.47 Å². The van der Waals surface area contributed by atoms with Crippen LogP contribution in [0.4, 0.5) is 5.69 Å².